The Bertz CT molecular complexity index is 595. The van der Waals surface area contributed by atoms with Crippen molar-refractivity contribution < 1.29 is 9.53 Å². The highest BCUT2D eigenvalue weighted by Gasteiger charge is 2.15. The van der Waals surface area contributed by atoms with Crippen molar-refractivity contribution in [2.24, 2.45) is 0 Å². The van der Waals surface area contributed by atoms with Crippen LogP contribution in [0.4, 0.5) is 5.69 Å². The van der Waals surface area contributed by atoms with Crippen LogP contribution in [-0.2, 0) is 11.3 Å². The molecule has 0 aliphatic carbocycles. The van der Waals surface area contributed by atoms with Crippen LogP contribution in [0.2, 0.25) is 0 Å². The van der Waals surface area contributed by atoms with Crippen molar-refractivity contribution in [3.05, 3.63) is 46.2 Å². The summed E-state index contributed by atoms with van der Waals surface area (Å²) in [4.78, 5) is 11.6. The van der Waals surface area contributed by atoms with Crippen LogP contribution in [0, 0.1) is 0 Å². The van der Waals surface area contributed by atoms with Gasteiger partial charge in [0.2, 0.25) is 0 Å². The van der Waals surface area contributed by atoms with Crippen LogP contribution < -0.4 is 5.73 Å². The van der Waals surface area contributed by atoms with E-state index in [1.165, 1.54) is 0 Å². The van der Waals surface area contributed by atoms with Gasteiger partial charge in [0.15, 0.2) is 5.69 Å². The van der Waals surface area contributed by atoms with Gasteiger partial charge in [-0.3, -0.25) is 4.68 Å². The SMILES string of the molecule is CCOC(=O)c1nn(Cc2cccc(Br)c2)cc1N. The van der Waals surface area contributed by atoms with E-state index >= 15 is 0 Å². The van der Waals surface area contributed by atoms with Gasteiger partial charge in [-0.1, -0.05) is 28.1 Å². The highest BCUT2D eigenvalue weighted by molar-refractivity contribution is 9.10. The predicted molar refractivity (Wildman–Crippen MR) is 75.8 cm³/mol. The number of nitrogens with zero attached hydrogens (tertiary/aromatic N) is 2. The van der Waals surface area contributed by atoms with Crippen molar-refractivity contribution in [1.29, 1.82) is 0 Å². The lowest BCUT2D eigenvalue weighted by atomic mass is 10.2. The molecule has 1 heterocycles. The molecule has 1 aromatic heterocycles. The lowest BCUT2D eigenvalue weighted by Gasteiger charge is -2.02. The van der Waals surface area contributed by atoms with Gasteiger partial charge >= 0.3 is 5.97 Å². The van der Waals surface area contributed by atoms with E-state index in [1.807, 2.05) is 24.3 Å². The Labute approximate surface area is 119 Å². The number of anilines is 1. The largest absolute Gasteiger partial charge is 0.461 e. The predicted octanol–water partition coefficient (Wildman–Crippen LogP) is 2.45. The molecule has 0 bridgehead atoms. The number of hydrogen-bond acceptors (Lipinski definition) is 4. The van der Waals surface area contributed by atoms with E-state index in [1.54, 1.807) is 17.8 Å². The number of nitrogens with two attached hydrogens (primary N) is 1. The molecular weight excluding hydrogens is 310 g/mol. The Balaban J connectivity index is 2.18. The molecule has 6 heteroatoms. The molecule has 5 nitrogen and oxygen atoms in total. The van der Waals surface area contributed by atoms with Crippen molar-refractivity contribution >= 4 is 27.6 Å². The average molecular weight is 324 g/mol. The number of esters is 1. The fourth-order valence-electron chi connectivity index (χ4n) is 1.70. The van der Waals surface area contributed by atoms with Gasteiger partial charge in [0.05, 0.1) is 18.8 Å². The van der Waals surface area contributed by atoms with Crippen LogP contribution in [0.15, 0.2) is 34.9 Å². The zero-order chi connectivity index (χ0) is 13.8. The van der Waals surface area contributed by atoms with E-state index in [-0.39, 0.29) is 5.69 Å². The lowest BCUT2D eigenvalue weighted by molar-refractivity contribution is 0.0519. The molecule has 0 aliphatic heterocycles. The maximum absolute atomic E-state index is 11.6. The second-order valence-electron chi connectivity index (χ2n) is 3.98. The first kappa shape index (κ1) is 13.6. The van der Waals surface area contributed by atoms with Crippen LogP contribution in [-0.4, -0.2) is 22.4 Å². The first-order valence-electron chi connectivity index (χ1n) is 5.84. The molecule has 0 aliphatic rings. The molecule has 0 saturated carbocycles. The van der Waals surface area contributed by atoms with Crippen LogP contribution >= 0.6 is 15.9 Å². The molecule has 0 unspecified atom stereocenters. The molecule has 1 aromatic carbocycles. The highest BCUT2D eigenvalue weighted by Crippen LogP contribution is 2.15. The van der Waals surface area contributed by atoms with Gasteiger partial charge in [0.1, 0.15) is 0 Å². The fraction of sp³-hybridized carbons (Fsp3) is 0.231. The van der Waals surface area contributed by atoms with Crippen molar-refractivity contribution in [3.8, 4) is 0 Å². The maximum atomic E-state index is 11.6. The Morgan fingerprint density at radius 2 is 2.32 bits per heavy atom. The minimum absolute atomic E-state index is 0.164. The highest BCUT2D eigenvalue weighted by atomic mass is 79.9. The molecule has 0 amide bonds. The van der Waals surface area contributed by atoms with Crippen molar-refractivity contribution in [3.63, 3.8) is 0 Å². The molecule has 19 heavy (non-hydrogen) atoms. The summed E-state index contributed by atoms with van der Waals surface area (Å²) in [6.45, 7) is 2.59. The average Bonchev–Trinajstić information content (AvgIpc) is 2.70. The monoisotopic (exact) mass is 323 g/mol. The second-order valence-corrected chi connectivity index (χ2v) is 4.90. The van der Waals surface area contributed by atoms with E-state index in [2.05, 4.69) is 21.0 Å². The molecule has 0 fully saturated rings. The zero-order valence-corrected chi connectivity index (χ0v) is 12.1. The molecule has 0 saturated heterocycles. The number of ether oxygens (including phenoxy) is 1. The van der Waals surface area contributed by atoms with Gasteiger partial charge < -0.3 is 10.5 Å². The number of nitrogen functional groups attached to an aromatic ring is 1. The maximum Gasteiger partial charge on any atom is 0.361 e. The van der Waals surface area contributed by atoms with E-state index in [0.29, 0.717) is 18.8 Å². The van der Waals surface area contributed by atoms with Crippen LogP contribution in [0.3, 0.4) is 0 Å². The first-order chi connectivity index (χ1) is 9.10. The number of carbonyl (C=O) groups is 1. The third-order valence-electron chi connectivity index (χ3n) is 2.49. The molecular formula is C13H14BrN3O2. The van der Waals surface area contributed by atoms with Gasteiger partial charge in [0, 0.05) is 10.7 Å². The Morgan fingerprint density at radius 3 is 3.00 bits per heavy atom. The van der Waals surface area contributed by atoms with Gasteiger partial charge in [0.25, 0.3) is 0 Å². The van der Waals surface area contributed by atoms with Gasteiger partial charge in [-0.05, 0) is 24.6 Å². The Kier molecular flexibility index (Phi) is 4.21. The van der Waals surface area contributed by atoms with E-state index in [4.69, 9.17) is 10.5 Å². The molecule has 2 rings (SSSR count). The number of hydrogen-bond donors (Lipinski definition) is 1. The fourth-order valence-corrected chi connectivity index (χ4v) is 2.14. The van der Waals surface area contributed by atoms with Gasteiger partial charge in [-0.15, -0.1) is 0 Å². The van der Waals surface area contributed by atoms with Crippen molar-refractivity contribution in [2.45, 2.75) is 13.5 Å². The van der Waals surface area contributed by atoms with Crippen LogP contribution in [0.5, 0.6) is 0 Å². The normalized spacial score (nSPS) is 10.4. The summed E-state index contributed by atoms with van der Waals surface area (Å²) in [5.74, 6) is -0.493. The summed E-state index contributed by atoms with van der Waals surface area (Å²) in [5, 5.41) is 4.16. The number of benzene rings is 1. The summed E-state index contributed by atoms with van der Waals surface area (Å²) in [5.41, 5.74) is 7.32. The molecule has 100 valence electrons. The van der Waals surface area contributed by atoms with E-state index in [0.717, 1.165) is 10.0 Å². The van der Waals surface area contributed by atoms with Gasteiger partial charge in [-0.2, -0.15) is 5.10 Å². The molecule has 2 N–H and O–H groups in total. The summed E-state index contributed by atoms with van der Waals surface area (Å²) in [6.07, 6.45) is 1.63. The third-order valence-corrected chi connectivity index (χ3v) is 2.99. The topological polar surface area (TPSA) is 70.1 Å². The smallest absolute Gasteiger partial charge is 0.361 e. The summed E-state index contributed by atoms with van der Waals surface area (Å²) in [6, 6.07) is 7.86. The lowest BCUT2D eigenvalue weighted by Crippen LogP contribution is -2.09. The van der Waals surface area contributed by atoms with E-state index in [9.17, 15) is 4.79 Å². The number of halogens is 1. The number of rotatable bonds is 4. The quantitative estimate of drug-likeness (QED) is 0.877. The third kappa shape index (κ3) is 3.35. The van der Waals surface area contributed by atoms with Crippen molar-refractivity contribution in [2.75, 3.05) is 12.3 Å². The molecule has 0 spiro atoms. The zero-order valence-electron chi connectivity index (χ0n) is 10.5. The van der Waals surface area contributed by atoms with Crippen molar-refractivity contribution in [1.82, 2.24) is 9.78 Å². The molecule has 0 radical (unpaired) electrons. The Hall–Kier alpha value is -1.82. The summed E-state index contributed by atoms with van der Waals surface area (Å²) < 4.78 is 7.51. The van der Waals surface area contributed by atoms with Crippen LogP contribution in [0.1, 0.15) is 23.0 Å². The summed E-state index contributed by atoms with van der Waals surface area (Å²) in [7, 11) is 0. The summed E-state index contributed by atoms with van der Waals surface area (Å²) >= 11 is 3.41. The molecule has 2 aromatic rings. The Morgan fingerprint density at radius 1 is 1.53 bits per heavy atom. The number of aromatic nitrogens is 2. The first-order valence-corrected chi connectivity index (χ1v) is 6.64. The van der Waals surface area contributed by atoms with E-state index < -0.39 is 5.97 Å². The molecule has 0 atom stereocenters. The minimum atomic E-state index is -0.493. The van der Waals surface area contributed by atoms with Crippen LogP contribution in [0.25, 0.3) is 0 Å². The van der Waals surface area contributed by atoms with Gasteiger partial charge in [-0.25, -0.2) is 4.79 Å². The minimum Gasteiger partial charge on any atom is -0.461 e. The standard InChI is InChI=1S/C13H14BrN3O2/c1-2-19-13(18)12-11(15)8-17(16-12)7-9-4-3-5-10(14)6-9/h3-6,8H,2,7,15H2,1H3. The number of carbonyl (C=O) groups excluding carboxylic acids is 1. The second kappa shape index (κ2) is 5.88.